The van der Waals surface area contributed by atoms with Crippen LogP contribution in [0.25, 0.3) is 0 Å². The standard InChI is InChI=1S/C20H32O3/c1-9-13(12-17(21)23-8)14-10-15(19(2,3)4)18(22)16(11-14)20(5,6)7/h10-11,13,22H,9,12H2,1-8H3. The molecule has 1 atom stereocenters. The lowest BCUT2D eigenvalue weighted by Crippen LogP contribution is -2.19. The van der Waals surface area contributed by atoms with Crippen molar-refractivity contribution in [1.29, 1.82) is 0 Å². The van der Waals surface area contributed by atoms with E-state index < -0.39 is 0 Å². The number of methoxy groups -OCH3 is 1. The van der Waals surface area contributed by atoms with Crippen LogP contribution in [0.5, 0.6) is 5.75 Å². The predicted molar refractivity (Wildman–Crippen MR) is 95.2 cm³/mol. The van der Waals surface area contributed by atoms with E-state index in [1.165, 1.54) is 7.11 Å². The fraction of sp³-hybridized carbons (Fsp3) is 0.650. The Kier molecular flexibility index (Phi) is 5.89. The third kappa shape index (κ3) is 4.73. The van der Waals surface area contributed by atoms with Crippen molar-refractivity contribution in [1.82, 2.24) is 0 Å². The van der Waals surface area contributed by atoms with Crippen LogP contribution in [0, 0.1) is 0 Å². The second-order valence-electron chi connectivity index (χ2n) is 8.35. The molecule has 0 heterocycles. The van der Waals surface area contributed by atoms with E-state index in [4.69, 9.17) is 4.74 Å². The number of hydrogen-bond acceptors (Lipinski definition) is 3. The monoisotopic (exact) mass is 320 g/mol. The van der Waals surface area contributed by atoms with Gasteiger partial charge in [-0.25, -0.2) is 0 Å². The molecule has 0 amide bonds. The lowest BCUT2D eigenvalue weighted by Gasteiger charge is -2.29. The van der Waals surface area contributed by atoms with Crippen LogP contribution in [-0.2, 0) is 20.4 Å². The molecule has 0 radical (unpaired) electrons. The number of phenolic OH excluding ortho intramolecular Hbond substituents is 1. The molecule has 1 aromatic rings. The fourth-order valence-corrected chi connectivity index (χ4v) is 2.82. The Morgan fingerprint density at radius 3 is 1.83 bits per heavy atom. The van der Waals surface area contributed by atoms with Crippen LogP contribution in [0.15, 0.2) is 12.1 Å². The van der Waals surface area contributed by atoms with Gasteiger partial charge in [-0.15, -0.1) is 0 Å². The largest absolute Gasteiger partial charge is 0.507 e. The van der Waals surface area contributed by atoms with Gasteiger partial charge in [0.2, 0.25) is 0 Å². The summed E-state index contributed by atoms with van der Waals surface area (Å²) in [5, 5.41) is 10.8. The second-order valence-corrected chi connectivity index (χ2v) is 8.35. The molecule has 1 rings (SSSR count). The molecule has 0 aliphatic heterocycles. The number of phenols is 1. The molecule has 0 aliphatic rings. The fourth-order valence-electron chi connectivity index (χ4n) is 2.82. The van der Waals surface area contributed by atoms with Crippen molar-refractivity contribution in [2.75, 3.05) is 7.11 Å². The summed E-state index contributed by atoms with van der Waals surface area (Å²) in [5.41, 5.74) is 2.64. The van der Waals surface area contributed by atoms with Crippen molar-refractivity contribution in [3.8, 4) is 5.75 Å². The molecule has 3 heteroatoms. The minimum atomic E-state index is -0.195. The van der Waals surface area contributed by atoms with E-state index in [0.717, 1.165) is 23.1 Å². The SMILES string of the molecule is CCC(CC(=O)OC)c1cc(C(C)(C)C)c(O)c(C(C)(C)C)c1. The maximum absolute atomic E-state index is 11.7. The number of carbonyl (C=O) groups is 1. The van der Waals surface area contributed by atoms with Crippen LogP contribution in [-0.4, -0.2) is 18.2 Å². The summed E-state index contributed by atoms with van der Waals surface area (Å²) in [6.07, 6.45) is 1.22. The average molecular weight is 320 g/mol. The van der Waals surface area contributed by atoms with Gasteiger partial charge in [-0.3, -0.25) is 4.79 Å². The van der Waals surface area contributed by atoms with Gasteiger partial charge in [-0.1, -0.05) is 60.6 Å². The minimum Gasteiger partial charge on any atom is -0.507 e. The van der Waals surface area contributed by atoms with Gasteiger partial charge in [0, 0.05) is 0 Å². The highest BCUT2D eigenvalue weighted by molar-refractivity contribution is 5.70. The number of ether oxygens (including phenoxy) is 1. The van der Waals surface area contributed by atoms with Crippen LogP contribution >= 0.6 is 0 Å². The summed E-state index contributed by atoms with van der Waals surface area (Å²) in [4.78, 5) is 11.7. The van der Waals surface area contributed by atoms with Crippen molar-refractivity contribution in [2.45, 2.75) is 78.1 Å². The predicted octanol–water partition coefficient (Wildman–Crippen LogP) is 5.04. The Labute approximate surface area is 141 Å². The third-order valence-corrected chi connectivity index (χ3v) is 4.35. The van der Waals surface area contributed by atoms with Crippen molar-refractivity contribution in [2.24, 2.45) is 0 Å². The van der Waals surface area contributed by atoms with Crippen LogP contribution in [0.3, 0.4) is 0 Å². The first-order chi connectivity index (χ1) is 10.4. The smallest absolute Gasteiger partial charge is 0.306 e. The van der Waals surface area contributed by atoms with E-state index in [1.54, 1.807) is 0 Å². The molecule has 0 spiro atoms. The van der Waals surface area contributed by atoms with Crippen LogP contribution < -0.4 is 0 Å². The van der Waals surface area contributed by atoms with Crippen molar-refractivity contribution in [3.05, 3.63) is 28.8 Å². The molecule has 0 fully saturated rings. The lowest BCUT2D eigenvalue weighted by atomic mass is 9.76. The minimum absolute atomic E-state index is 0.102. The summed E-state index contributed by atoms with van der Waals surface area (Å²) in [7, 11) is 1.42. The van der Waals surface area contributed by atoms with Gasteiger partial charge in [-0.2, -0.15) is 0 Å². The number of esters is 1. The van der Waals surface area contributed by atoms with Crippen molar-refractivity contribution in [3.63, 3.8) is 0 Å². The molecule has 1 aromatic carbocycles. The summed E-state index contributed by atoms with van der Waals surface area (Å²) in [5.74, 6) is 0.284. The molecule has 0 saturated carbocycles. The first-order valence-corrected chi connectivity index (χ1v) is 8.36. The highest BCUT2D eigenvalue weighted by Gasteiger charge is 2.28. The van der Waals surface area contributed by atoms with Crippen molar-refractivity contribution >= 4 is 5.97 Å². The van der Waals surface area contributed by atoms with Gasteiger partial charge in [-0.05, 0) is 39.9 Å². The van der Waals surface area contributed by atoms with Crippen LogP contribution in [0.1, 0.15) is 83.9 Å². The molecule has 0 saturated heterocycles. The second kappa shape index (κ2) is 6.94. The zero-order valence-electron chi connectivity index (χ0n) is 15.9. The van der Waals surface area contributed by atoms with Crippen molar-refractivity contribution < 1.29 is 14.6 Å². The highest BCUT2D eigenvalue weighted by atomic mass is 16.5. The molecule has 23 heavy (non-hydrogen) atoms. The van der Waals surface area contributed by atoms with Gasteiger partial charge in [0.05, 0.1) is 13.5 Å². The van der Waals surface area contributed by atoms with Gasteiger partial charge in [0.1, 0.15) is 5.75 Å². The number of benzene rings is 1. The topological polar surface area (TPSA) is 46.5 Å². The van der Waals surface area contributed by atoms with E-state index in [-0.39, 0.29) is 22.7 Å². The molecule has 3 nitrogen and oxygen atoms in total. The van der Waals surface area contributed by atoms with Gasteiger partial charge in [0.15, 0.2) is 0 Å². The van der Waals surface area contributed by atoms with Crippen LogP contribution in [0.4, 0.5) is 0 Å². The lowest BCUT2D eigenvalue weighted by molar-refractivity contribution is -0.141. The summed E-state index contributed by atoms with van der Waals surface area (Å²) >= 11 is 0. The average Bonchev–Trinajstić information content (AvgIpc) is 2.42. The molecular formula is C20H32O3. The number of rotatable bonds is 4. The van der Waals surface area contributed by atoms with Gasteiger partial charge >= 0.3 is 5.97 Å². The normalized spacial score (nSPS) is 13.7. The van der Waals surface area contributed by atoms with E-state index >= 15 is 0 Å². The molecule has 130 valence electrons. The molecule has 0 aliphatic carbocycles. The summed E-state index contributed by atoms with van der Waals surface area (Å²) < 4.78 is 4.83. The zero-order chi connectivity index (χ0) is 18.0. The maximum Gasteiger partial charge on any atom is 0.306 e. The molecular weight excluding hydrogens is 288 g/mol. The van der Waals surface area contributed by atoms with Gasteiger partial charge in [0.25, 0.3) is 0 Å². The first-order valence-electron chi connectivity index (χ1n) is 8.36. The molecule has 0 bridgehead atoms. The molecule has 1 N–H and O–H groups in total. The van der Waals surface area contributed by atoms with Crippen LogP contribution in [0.2, 0.25) is 0 Å². The first kappa shape index (κ1) is 19.5. The third-order valence-electron chi connectivity index (χ3n) is 4.35. The Hall–Kier alpha value is -1.51. The van der Waals surface area contributed by atoms with E-state index in [2.05, 4.69) is 60.6 Å². The number of hydrogen-bond donors (Lipinski definition) is 1. The Morgan fingerprint density at radius 2 is 1.52 bits per heavy atom. The Balaban J connectivity index is 3.51. The highest BCUT2D eigenvalue weighted by Crippen LogP contribution is 2.42. The maximum atomic E-state index is 11.7. The molecule has 0 aromatic heterocycles. The Bertz CT molecular complexity index is 524. The molecule has 1 unspecified atom stereocenters. The zero-order valence-corrected chi connectivity index (χ0v) is 15.9. The summed E-state index contributed by atoms with van der Waals surface area (Å²) in [6, 6.07) is 4.11. The van der Waals surface area contributed by atoms with E-state index in [0.29, 0.717) is 12.2 Å². The van der Waals surface area contributed by atoms with Gasteiger partial charge < -0.3 is 9.84 Å². The number of aromatic hydroxyl groups is 1. The number of carbonyl (C=O) groups excluding carboxylic acids is 1. The van der Waals surface area contributed by atoms with E-state index in [1.807, 2.05) is 0 Å². The van der Waals surface area contributed by atoms with E-state index in [9.17, 15) is 9.90 Å². The Morgan fingerprint density at radius 1 is 1.09 bits per heavy atom. The quantitative estimate of drug-likeness (QED) is 0.790. The summed E-state index contributed by atoms with van der Waals surface area (Å²) in [6.45, 7) is 14.7.